The minimum Gasteiger partial charge on any atom is -0.507 e. The number of amides is 1. The highest BCUT2D eigenvalue weighted by atomic mass is 32.1. The molecule has 0 saturated carbocycles. The van der Waals surface area contributed by atoms with E-state index in [0.717, 1.165) is 16.1 Å². The summed E-state index contributed by atoms with van der Waals surface area (Å²) >= 11 is 1.32. The van der Waals surface area contributed by atoms with Crippen molar-refractivity contribution in [2.24, 2.45) is 0 Å². The number of hydrogen-bond donors (Lipinski definition) is 1. The van der Waals surface area contributed by atoms with E-state index in [-0.39, 0.29) is 16.9 Å². The number of ketones is 1. The van der Waals surface area contributed by atoms with Gasteiger partial charge in [0.15, 0.2) is 5.13 Å². The van der Waals surface area contributed by atoms with Crippen LogP contribution in [0.2, 0.25) is 0 Å². The largest absolute Gasteiger partial charge is 0.507 e. The molecule has 1 amide bonds. The van der Waals surface area contributed by atoms with Crippen LogP contribution in [0.4, 0.5) is 9.52 Å². The fourth-order valence-corrected chi connectivity index (χ4v) is 4.35. The van der Waals surface area contributed by atoms with Crippen LogP contribution < -0.4 is 4.90 Å². The van der Waals surface area contributed by atoms with Gasteiger partial charge in [-0.2, -0.15) is 0 Å². The lowest BCUT2D eigenvalue weighted by molar-refractivity contribution is -0.132. The molecule has 0 aliphatic carbocycles. The van der Waals surface area contributed by atoms with Crippen molar-refractivity contribution in [1.82, 2.24) is 4.98 Å². The Kier molecular flexibility index (Phi) is 4.99. The van der Waals surface area contributed by atoms with Gasteiger partial charge in [-0.1, -0.05) is 29.8 Å². The second-order valence-corrected chi connectivity index (χ2v) is 8.41. The standard InChI is InChI=1S/C23H19FN2O3S/c1-12-4-6-15(7-5-12)19-18(20(27)16-8-10-17(24)11-9-16)21(28)22(29)26(19)23-25-13(2)14(3)30-23/h4-11,19,27H,1-3H3. The summed E-state index contributed by atoms with van der Waals surface area (Å²) in [5, 5.41) is 11.3. The molecule has 2 heterocycles. The van der Waals surface area contributed by atoms with Crippen LogP contribution in [0, 0.1) is 26.6 Å². The molecule has 152 valence electrons. The highest BCUT2D eigenvalue weighted by molar-refractivity contribution is 7.16. The fraction of sp³-hybridized carbons (Fsp3) is 0.174. The maximum absolute atomic E-state index is 13.3. The molecule has 0 spiro atoms. The summed E-state index contributed by atoms with van der Waals surface area (Å²) in [5.74, 6) is -2.35. The molecule has 1 saturated heterocycles. The number of rotatable bonds is 3. The molecule has 5 nitrogen and oxygen atoms in total. The Bertz CT molecular complexity index is 1160. The van der Waals surface area contributed by atoms with Gasteiger partial charge in [0.1, 0.15) is 11.6 Å². The number of carbonyl (C=O) groups excluding carboxylic acids is 2. The maximum Gasteiger partial charge on any atom is 0.301 e. The molecule has 1 aliphatic rings. The van der Waals surface area contributed by atoms with Crippen LogP contribution in [0.25, 0.3) is 5.76 Å². The van der Waals surface area contributed by atoms with E-state index in [1.165, 1.54) is 40.5 Å². The zero-order valence-corrected chi connectivity index (χ0v) is 17.5. The van der Waals surface area contributed by atoms with Crippen molar-refractivity contribution in [1.29, 1.82) is 0 Å². The molecule has 1 N–H and O–H groups in total. The van der Waals surface area contributed by atoms with E-state index in [1.807, 2.05) is 45.0 Å². The molecular formula is C23H19FN2O3S. The maximum atomic E-state index is 13.3. The monoisotopic (exact) mass is 422 g/mol. The van der Waals surface area contributed by atoms with Crippen molar-refractivity contribution in [3.8, 4) is 0 Å². The summed E-state index contributed by atoms with van der Waals surface area (Å²) < 4.78 is 13.3. The second-order valence-electron chi connectivity index (χ2n) is 7.22. The molecule has 1 fully saturated rings. The van der Waals surface area contributed by atoms with Gasteiger partial charge in [0.05, 0.1) is 17.3 Å². The van der Waals surface area contributed by atoms with E-state index in [9.17, 15) is 19.1 Å². The average Bonchev–Trinajstić information content (AvgIpc) is 3.18. The molecule has 1 atom stereocenters. The first kappa shape index (κ1) is 20.0. The van der Waals surface area contributed by atoms with Crippen molar-refractivity contribution < 1.29 is 19.1 Å². The van der Waals surface area contributed by atoms with Gasteiger partial charge in [0, 0.05) is 10.4 Å². The number of carbonyl (C=O) groups is 2. The van der Waals surface area contributed by atoms with Crippen LogP contribution in [0.3, 0.4) is 0 Å². The van der Waals surface area contributed by atoms with Crippen molar-refractivity contribution in [3.05, 3.63) is 87.2 Å². The summed E-state index contributed by atoms with van der Waals surface area (Å²) in [5.41, 5.74) is 2.70. The number of hydrogen-bond acceptors (Lipinski definition) is 5. The number of nitrogens with zero attached hydrogens (tertiary/aromatic N) is 2. The van der Waals surface area contributed by atoms with Crippen LogP contribution in [0.5, 0.6) is 0 Å². The molecule has 2 aromatic carbocycles. The average molecular weight is 422 g/mol. The number of aromatic nitrogens is 1. The first-order valence-corrected chi connectivity index (χ1v) is 10.2. The van der Waals surface area contributed by atoms with Crippen molar-refractivity contribution >= 4 is 33.9 Å². The number of anilines is 1. The number of benzene rings is 2. The van der Waals surface area contributed by atoms with Gasteiger partial charge in [0.25, 0.3) is 5.78 Å². The van der Waals surface area contributed by atoms with Gasteiger partial charge in [-0.3, -0.25) is 14.5 Å². The minimum atomic E-state index is -0.833. The molecule has 1 unspecified atom stereocenters. The molecule has 7 heteroatoms. The van der Waals surface area contributed by atoms with E-state index < -0.39 is 23.5 Å². The number of thiazole rings is 1. The summed E-state index contributed by atoms with van der Waals surface area (Å²) in [7, 11) is 0. The first-order valence-electron chi connectivity index (χ1n) is 9.35. The Morgan fingerprint density at radius 2 is 1.67 bits per heavy atom. The van der Waals surface area contributed by atoms with Gasteiger partial charge in [-0.25, -0.2) is 9.37 Å². The van der Waals surface area contributed by atoms with Gasteiger partial charge in [-0.15, -0.1) is 11.3 Å². The zero-order valence-electron chi connectivity index (χ0n) is 16.6. The van der Waals surface area contributed by atoms with Gasteiger partial charge >= 0.3 is 5.91 Å². The van der Waals surface area contributed by atoms with Crippen LogP contribution in [-0.2, 0) is 9.59 Å². The third-order valence-corrected chi connectivity index (χ3v) is 6.25. The normalized spacial score (nSPS) is 18.3. The Hall–Kier alpha value is -3.32. The molecule has 1 aliphatic heterocycles. The van der Waals surface area contributed by atoms with Crippen molar-refractivity contribution in [3.63, 3.8) is 0 Å². The van der Waals surface area contributed by atoms with Crippen LogP contribution in [0.1, 0.15) is 33.3 Å². The summed E-state index contributed by atoms with van der Waals surface area (Å²) in [6, 6.07) is 11.7. The molecule has 3 aromatic rings. The Morgan fingerprint density at radius 3 is 2.23 bits per heavy atom. The zero-order chi connectivity index (χ0) is 21.6. The molecule has 1 aromatic heterocycles. The first-order chi connectivity index (χ1) is 14.3. The number of aliphatic hydroxyl groups is 1. The number of aryl methyl sites for hydroxylation is 3. The molecule has 0 bridgehead atoms. The highest BCUT2D eigenvalue weighted by Crippen LogP contribution is 2.43. The lowest BCUT2D eigenvalue weighted by atomic mass is 9.95. The Morgan fingerprint density at radius 1 is 1.03 bits per heavy atom. The number of aliphatic hydroxyl groups excluding tert-OH is 1. The Balaban J connectivity index is 1.94. The highest BCUT2D eigenvalue weighted by Gasteiger charge is 2.48. The van der Waals surface area contributed by atoms with Crippen molar-refractivity contribution in [2.45, 2.75) is 26.8 Å². The summed E-state index contributed by atoms with van der Waals surface area (Å²) in [6.45, 7) is 5.67. The van der Waals surface area contributed by atoms with Crippen LogP contribution >= 0.6 is 11.3 Å². The quantitative estimate of drug-likeness (QED) is 0.373. The van der Waals surface area contributed by atoms with E-state index in [1.54, 1.807) is 0 Å². The predicted octanol–water partition coefficient (Wildman–Crippen LogP) is 4.83. The molecular weight excluding hydrogens is 403 g/mol. The van der Waals surface area contributed by atoms with E-state index >= 15 is 0 Å². The SMILES string of the molecule is Cc1ccc(C2C(=C(O)c3ccc(F)cc3)C(=O)C(=O)N2c2nc(C)c(C)s2)cc1. The minimum absolute atomic E-state index is 0.0408. The van der Waals surface area contributed by atoms with Crippen LogP contribution in [0.15, 0.2) is 54.1 Å². The van der Waals surface area contributed by atoms with E-state index in [0.29, 0.717) is 10.7 Å². The third-order valence-electron chi connectivity index (χ3n) is 5.18. The number of halogens is 1. The topological polar surface area (TPSA) is 70.5 Å². The second kappa shape index (κ2) is 7.50. The lowest BCUT2D eigenvalue weighted by Gasteiger charge is -2.23. The predicted molar refractivity (Wildman–Crippen MR) is 114 cm³/mol. The third kappa shape index (κ3) is 3.31. The molecule has 4 rings (SSSR count). The summed E-state index contributed by atoms with van der Waals surface area (Å²) in [6.07, 6.45) is 0. The van der Waals surface area contributed by atoms with Crippen molar-refractivity contribution in [2.75, 3.05) is 4.90 Å². The van der Waals surface area contributed by atoms with Gasteiger partial charge < -0.3 is 5.11 Å². The number of Topliss-reactive ketones (excluding diaryl/α,β-unsaturated/α-hetero) is 1. The van der Waals surface area contributed by atoms with Gasteiger partial charge in [0.2, 0.25) is 0 Å². The van der Waals surface area contributed by atoms with Gasteiger partial charge in [-0.05, 0) is 50.6 Å². The lowest BCUT2D eigenvalue weighted by Crippen LogP contribution is -2.29. The summed E-state index contributed by atoms with van der Waals surface area (Å²) in [4.78, 5) is 32.8. The fourth-order valence-electron chi connectivity index (χ4n) is 3.42. The van der Waals surface area contributed by atoms with Crippen LogP contribution in [-0.4, -0.2) is 21.8 Å². The molecule has 0 radical (unpaired) electrons. The molecule has 30 heavy (non-hydrogen) atoms. The Labute approximate surface area is 177 Å². The van der Waals surface area contributed by atoms with E-state index in [4.69, 9.17) is 0 Å². The van der Waals surface area contributed by atoms with E-state index in [2.05, 4.69) is 4.98 Å². The smallest absolute Gasteiger partial charge is 0.301 e.